The predicted octanol–water partition coefficient (Wildman–Crippen LogP) is 2.95. The fourth-order valence-electron chi connectivity index (χ4n) is 3.82. The molecule has 2 aliphatic heterocycles. The van der Waals surface area contributed by atoms with Crippen LogP contribution in [0.4, 0.5) is 4.79 Å². The van der Waals surface area contributed by atoms with Crippen LogP contribution in [0, 0.1) is 0 Å². The van der Waals surface area contributed by atoms with Gasteiger partial charge in [0.15, 0.2) is 0 Å². The molecule has 9 heteroatoms. The highest BCUT2D eigenvalue weighted by Gasteiger charge is 2.48. The number of ether oxygens (including phenoxy) is 1. The standard InChI is InChI=1S/C23H33N3O6/c1-23(2,3)32-20(27)11-7-8-14-30-24-21(28)19-13-12-18-15-25(19)22(29)26(18)31-16-17-9-5-4-6-10-17/h4-6,9-10,18-19H,7-8,11-16H2,1-3H3,(H,24,28)/t18-,19+/m1/s1. The fraction of sp³-hybridized carbons (Fsp3) is 0.609. The lowest BCUT2D eigenvalue weighted by atomic mass is 10.0. The van der Waals surface area contributed by atoms with E-state index >= 15 is 0 Å². The highest BCUT2D eigenvalue weighted by atomic mass is 16.7. The third-order valence-electron chi connectivity index (χ3n) is 5.31. The van der Waals surface area contributed by atoms with Gasteiger partial charge >= 0.3 is 12.0 Å². The molecule has 1 N–H and O–H groups in total. The fourth-order valence-corrected chi connectivity index (χ4v) is 3.82. The van der Waals surface area contributed by atoms with Gasteiger partial charge in [-0.1, -0.05) is 30.3 Å². The molecular formula is C23H33N3O6. The number of carbonyl (C=O) groups excluding carboxylic acids is 3. The van der Waals surface area contributed by atoms with Gasteiger partial charge in [-0.15, -0.1) is 0 Å². The number of hydrogen-bond acceptors (Lipinski definition) is 6. The largest absolute Gasteiger partial charge is 0.460 e. The molecule has 1 aromatic carbocycles. The Labute approximate surface area is 188 Å². The van der Waals surface area contributed by atoms with E-state index in [1.807, 2.05) is 51.1 Å². The molecule has 2 heterocycles. The van der Waals surface area contributed by atoms with Crippen LogP contribution in [0.15, 0.2) is 30.3 Å². The van der Waals surface area contributed by atoms with Gasteiger partial charge in [0.2, 0.25) is 0 Å². The molecule has 2 atom stereocenters. The number of piperidine rings is 1. The molecule has 176 valence electrons. The maximum absolute atomic E-state index is 12.8. The molecule has 1 aromatic rings. The van der Waals surface area contributed by atoms with E-state index in [1.54, 1.807) is 4.90 Å². The number of urea groups is 1. The van der Waals surface area contributed by atoms with Crippen molar-refractivity contribution in [2.24, 2.45) is 0 Å². The molecule has 2 saturated heterocycles. The molecule has 0 unspecified atom stereocenters. The number of unbranched alkanes of at least 4 members (excludes halogenated alkanes) is 1. The Kier molecular flexibility index (Phi) is 8.09. The maximum Gasteiger partial charge on any atom is 0.345 e. The number of benzene rings is 1. The first-order valence-corrected chi connectivity index (χ1v) is 11.1. The number of rotatable bonds is 10. The van der Waals surface area contributed by atoms with Gasteiger partial charge in [-0.25, -0.2) is 10.3 Å². The second-order valence-corrected chi connectivity index (χ2v) is 9.13. The van der Waals surface area contributed by atoms with E-state index in [9.17, 15) is 14.4 Å². The third-order valence-corrected chi connectivity index (χ3v) is 5.31. The summed E-state index contributed by atoms with van der Waals surface area (Å²) >= 11 is 0. The summed E-state index contributed by atoms with van der Waals surface area (Å²) in [6.07, 6.45) is 2.75. The molecule has 3 rings (SSSR count). The highest BCUT2D eigenvalue weighted by molar-refractivity contribution is 5.88. The molecule has 0 spiro atoms. The second-order valence-electron chi connectivity index (χ2n) is 9.13. The van der Waals surface area contributed by atoms with Gasteiger partial charge in [-0.2, -0.15) is 5.06 Å². The number of hydrogen-bond donors (Lipinski definition) is 1. The van der Waals surface area contributed by atoms with Crippen molar-refractivity contribution in [3.63, 3.8) is 0 Å². The minimum Gasteiger partial charge on any atom is -0.460 e. The van der Waals surface area contributed by atoms with Gasteiger partial charge in [0.1, 0.15) is 18.2 Å². The van der Waals surface area contributed by atoms with E-state index in [2.05, 4.69) is 5.48 Å². The van der Waals surface area contributed by atoms with Gasteiger partial charge < -0.3 is 9.64 Å². The second kappa shape index (κ2) is 10.8. The zero-order valence-electron chi connectivity index (χ0n) is 19.0. The molecule has 0 aromatic heterocycles. The Morgan fingerprint density at radius 3 is 2.59 bits per heavy atom. The summed E-state index contributed by atoms with van der Waals surface area (Å²) in [7, 11) is 0. The van der Waals surface area contributed by atoms with Crippen LogP contribution in [0.1, 0.15) is 58.4 Å². The quantitative estimate of drug-likeness (QED) is 0.336. The van der Waals surface area contributed by atoms with Crippen molar-refractivity contribution in [1.82, 2.24) is 15.4 Å². The summed E-state index contributed by atoms with van der Waals surface area (Å²) in [6.45, 7) is 6.54. The number of nitrogens with zero attached hydrogens (tertiary/aromatic N) is 2. The summed E-state index contributed by atoms with van der Waals surface area (Å²) in [6, 6.07) is 8.72. The minimum absolute atomic E-state index is 0.0518. The number of esters is 1. The van der Waals surface area contributed by atoms with E-state index in [1.165, 1.54) is 5.06 Å². The Hall–Kier alpha value is -2.65. The van der Waals surface area contributed by atoms with E-state index in [-0.39, 0.29) is 30.6 Å². The van der Waals surface area contributed by atoms with Gasteiger partial charge in [0.05, 0.1) is 12.6 Å². The van der Waals surface area contributed by atoms with Crippen molar-refractivity contribution in [2.45, 2.75) is 77.2 Å². The van der Waals surface area contributed by atoms with Crippen LogP contribution >= 0.6 is 0 Å². The van der Waals surface area contributed by atoms with Crippen LogP contribution in [-0.4, -0.2) is 58.7 Å². The number of amides is 3. The van der Waals surface area contributed by atoms with Gasteiger partial charge in [-0.05, 0) is 52.0 Å². The zero-order chi connectivity index (χ0) is 23.1. The van der Waals surface area contributed by atoms with Crippen LogP contribution in [-0.2, 0) is 30.6 Å². The number of carbonyl (C=O) groups is 3. The van der Waals surface area contributed by atoms with Crippen molar-refractivity contribution in [3.05, 3.63) is 35.9 Å². The molecule has 3 amide bonds. The lowest BCUT2D eigenvalue weighted by Gasteiger charge is -2.28. The van der Waals surface area contributed by atoms with Crippen LogP contribution in [0.3, 0.4) is 0 Å². The van der Waals surface area contributed by atoms with Crippen molar-refractivity contribution < 1.29 is 28.8 Å². The summed E-state index contributed by atoms with van der Waals surface area (Å²) in [5.74, 6) is -0.585. The lowest BCUT2D eigenvalue weighted by Crippen LogP contribution is -2.49. The van der Waals surface area contributed by atoms with Gasteiger partial charge in [-0.3, -0.25) is 19.3 Å². The van der Waals surface area contributed by atoms with Crippen molar-refractivity contribution in [2.75, 3.05) is 13.2 Å². The average molecular weight is 448 g/mol. The monoisotopic (exact) mass is 447 g/mol. The SMILES string of the molecule is CC(C)(C)OC(=O)CCCCONC(=O)[C@@H]1CC[C@@H]2CN1C(=O)N2OCc1ccccc1. The summed E-state index contributed by atoms with van der Waals surface area (Å²) in [4.78, 5) is 49.6. The van der Waals surface area contributed by atoms with E-state index in [0.29, 0.717) is 45.3 Å². The highest BCUT2D eigenvalue weighted by Crippen LogP contribution is 2.30. The molecule has 0 saturated carbocycles. The molecule has 2 aliphatic rings. The predicted molar refractivity (Wildman–Crippen MR) is 116 cm³/mol. The molecule has 0 aliphatic carbocycles. The Morgan fingerprint density at radius 1 is 1.12 bits per heavy atom. The molecule has 2 fully saturated rings. The van der Waals surface area contributed by atoms with Crippen molar-refractivity contribution in [3.8, 4) is 0 Å². The van der Waals surface area contributed by atoms with Gasteiger partial charge in [0.25, 0.3) is 5.91 Å². The van der Waals surface area contributed by atoms with E-state index in [0.717, 1.165) is 5.56 Å². The van der Waals surface area contributed by atoms with Crippen LogP contribution in [0.25, 0.3) is 0 Å². The first kappa shape index (κ1) is 24.0. The topological polar surface area (TPSA) is 97.4 Å². The normalized spacial score (nSPS) is 20.4. The van der Waals surface area contributed by atoms with Crippen LogP contribution in [0.2, 0.25) is 0 Å². The first-order chi connectivity index (χ1) is 15.2. The van der Waals surface area contributed by atoms with Crippen molar-refractivity contribution in [1.29, 1.82) is 0 Å². The first-order valence-electron chi connectivity index (χ1n) is 11.1. The lowest BCUT2D eigenvalue weighted by molar-refractivity contribution is -0.155. The summed E-state index contributed by atoms with van der Waals surface area (Å²) < 4.78 is 5.25. The van der Waals surface area contributed by atoms with E-state index < -0.39 is 11.6 Å². The Balaban J connectivity index is 1.36. The number of hydroxylamine groups is 3. The molecule has 32 heavy (non-hydrogen) atoms. The Bertz CT molecular complexity index is 795. The number of nitrogens with one attached hydrogen (secondary N) is 1. The van der Waals surface area contributed by atoms with Gasteiger partial charge in [0, 0.05) is 13.0 Å². The minimum atomic E-state index is -0.578. The average Bonchev–Trinajstić information content (AvgIpc) is 2.98. The molecule has 0 radical (unpaired) electrons. The molecule has 9 nitrogen and oxygen atoms in total. The van der Waals surface area contributed by atoms with E-state index in [4.69, 9.17) is 14.4 Å². The maximum atomic E-state index is 12.8. The van der Waals surface area contributed by atoms with Crippen LogP contribution < -0.4 is 5.48 Å². The van der Waals surface area contributed by atoms with Crippen molar-refractivity contribution >= 4 is 17.9 Å². The zero-order valence-corrected chi connectivity index (χ0v) is 19.0. The Morgan fingerprint density at radius 2 is 1.88 bits per heavy atom. The van der Waals surface area contributed by atoms with Crippen LogP contribution in [0.5, 0.6) is 0 Å². The summed E-state index contributed by atoms with van der Waals surface area (Å²) in [5.41, 5.74) is 2.93. The number of fused-ring (bicyclic) bond motifs is 2. The molecular weight excluding hydrogens is 414 g/mol. The smallest absolute Gasteiger partial charge is 0.345 e. The third kappa shape index (κ3) is 6.67. The molecule has 2 bridgehead atoms. The summed E-state index contributed by atoms with van der Waals surface area (Å²) in [5, 5.41) is 1.40.